The number of nitrogens with one attached hydrogen (secondary N) is 1. The van der Waals surface area contributed by atoms with Crippen LogP contribution in [0.1, 0.15) is 21.6 Å². The van der Waals surface area contributed by atoms with E-state index in [0.717, 1.165) is 17.2 Å². The van der Waals surface area contributed by atoms with Gasteiger partial charge in [0.1, 0.15) is 6.26 Å². The van der Waals surface area contributed by atoms with Crippen molar-refractivity contribution in [3.63, 3.8) is 0 Å². The summed E-state index contributed by atoms with van der Waals surface area (Å²) < 4.78 is 32.1. The van der Waals surface area contributed by atoms with Crippen molar-refractivity contribution < 1.29 is 18.0 Å². The summed E-state index contributed by atoms with van der Waals surface area (Å²) in [6.07, 6.45) is 1.93. The van der Waals surface area contributed by atoms with E-state index in [9.17, 15) is 13.6 Å². The molecule has 1 amide bonds. The van der Waals surface area contributed by atoms with Crippen LogP contribution < -0.4 is 5.32 Å². The van der Waals surface area contributed by atoms with Gasteiger partial charge in [0.25, 0.3) is 5.91 Å². The van der Waals surface area contributed by atoms with Crippen molar-refractivity contribution in [1.82, 2.24) is 10.3 Å². The van der Waals surface area contributed by atoms with Gasteiger partial charge in [0.05, 0.1) is 11.3 Å². The molecule has 6 heteroatoms. The normalized spacial score (nSPS) is 10.7. The number of benzene rings is 2. The number of nitrogens with zero attached hydrogens (tertiary/aromatic N) is 1. The van der Waals surface area contributed by atoms with Gasteiger partial charge in [-0.3, -0.25) is 4.79 Å². The minimum atomic E-state index is -1.15. The second-order valence-corrected chi connectivity index (χ2v) is 5.62. The van der Waals surface area contributed by atoms with E-state index in [1.165, 1.54) is 18.4 Å². The third-order valence-electron chi connectivity index (χ3n) is 3.71. The van der Waals surface area contributed by atoms with Gasteiger partial charge in [0.15, 0.2) is 11.6 Å². The molecule has 0 unspecified atom stereocenters. The van der Waals surface area contributed by atoms with Crippen LogP contribution in [0.2, 0.25) is 0 Å². The fourth-order valence-corrected chi connectivity index (χ4v) is 2.33. The lowest BCUT2D eigenvalue weighted by atomic mass is 10.1. The maximum atomic E-state index is 13.6. The van der Waals surface area contributed by atoms with Crippen LogP contribution in [-0.4, -0.2) is 17.4 Å². The summed E-state index contributed by atoms with van der Waals surface area (Å²) in [5.41, 5.74) is 2.35. The van der Waals surface area contributed by atoms with E-state index in [-0.39, 0.29) is 12.1 Å². The number of hydrogen-bond acceptors (Lipinski definition) is 3. The summed E-state index contributed by atoms with van der Waals surface area (Å²) in [6, 6.07) is 11.3. The zero-order chi connectivity index (χ0) is 17.8. The summed E-state index contributed by atoms with van der Waals surface area (Å²) in [5, 5.41) is 2.54. The molecule has 3 rings (SSSR count). The molecular formula is C19H16F2N2O2. The van der Waals surface area contributed by atoms with Crippen LogP contribution in [-0.2, 0) is 6.42 Å². The van der Waals surface area contributed by atoms with Gasteiger partial charge >= 0.3 is 0 Å². The first-order valence-corrected chi connectivity index (χ1v) is 7.78. The van der Waals surface area contributed by atoms with Crippen molar-refractivity contribution in [1.29, 1.82) is 0 Å². The lowest BCUT2D eigenvalue weighted by Gasteiger charge is -2.05. The monoisotopic (exact) mass is 342 g/mol. The van der Waals surface area contributed by atoms with Gasteiger partial charge in [-0.1, -0.05) is 23.8 Å². The second-order valence-electron chi connectivity index (χ2n) is 5.62. The Morgan fingerprint density at radius 2 is 1.92 bits per heavy atom. The van der Waals surface area contributed by atoms with Crippen LogP contribution >= 0.6 is 0 Å². The molecule has 2 aromatic carbocycles. The van der Waals surface area contributed by atoms with E-state index in [1.54, 1.807) is 0 Å². The van der Waals surface area contributed by atoms with E-state index in [2.05, 4.69) is 10.3 Å². The Morgan fingerprint density at radius 1 is 1.16 bits per heavy atom. The number of carbonyl (C=O) groups excluding carboxylic acids is 1. The average Bonchev–Trinajstić information content (AvgIpc) is 3.07. The lowest BCUT2D eigenvalue weighted by molar-refractivity contribution is 0.0949. The molecule has 128 valence electrons. The Bertz CT molecular complexity index is 889. The summed E-state index contributed by atoms with van der Waals surface area (Å²) in [4.78, 5) is 16.3. The highest BCUT2D eigenvalue weighted by Crippen LogP contribution is 2.19. The molecule has 0 aliphatic carbocycles. The summed E-state index contributed by atoms with van der Waals surface area (Å²) in [5.74, 6) is -2.37. The minimum absolute atomic E-state index is 0.231. The van der Waals surface area contributed by atoms with Gasteiger partial charge in [-0.2, -0.15) is 0 Å². The Kier molecular flexibility index (Phi) is 4.88. The molecule has 0 saturated carbocycles. The van der Waals surface area contributed by atoms with E-state index in [1.807, 2.05) is 31.2 Å². The van der Waals surface area contributed by atoms with Crippen LogP contribution in [0.4, 0.5) is 8.78 Å². The van der Waals surface area contributed by atoms with Gasteiger partial charge in [0, 0.05) is 18.5 Å². The Balaban J connectivity index is 1.58. The zero-order valence-electron chi connectivity index (χ0n) is 13.6. The van der Waals surface area contributed by atoms with Crippen LogP contribution in [0.15, 0.2) is 53.1 Å². The zero-order valence-corrected chi connectivity index (χ0v) is 13.6. The number of oxazole rings is 1. The molecule has 0 aliphatic rings. The van der Waals surface area contributed by atoms with E-state index in [4.69, 9.17) is 4.42 Å². The van der Waals surface area contributed by atoms with Gasteiger partial charge in [-0.25, -0.2) is 13.8 Å². The fraction of sp³-hybridized carbons (Fsp3) is 0.158. The maximum Gasteiger partial charge on any atom is 0.254 e. The summed E-state index contributed by atoms with van der Waals surface area (Å²) >= 11 is 0. The number of hydrogen-bond donors (Lipinski definition) is 1. The molecule has 0 bridgehead atoms. The van der Waals surface area contributed by atoms with Crippen molar-refractivity contribution in [2.45, 2.75) is 13.3 Å². The first-order valence-electron chi connectivity index (χ1n) is 7.78. The molecule has 0 radical (unpaired) electrons. The number of rotatable bonds is 5. The molecule has 3 aromatic rings. The van der Waals surface area contributed by atoms with Gasteiger partial charge in [-0.15, -0.1) is 0 Å². The number of amides is 1. The molecule has 25 heavy (non-hydrogen) atoms. The topological polar surface area (TPSA) is 55.1 Å². The van der Waals surface area contributed by atoms with E-state index >= 15 is 0 Å². The molecule has 1 N–H and O–H groups in total. The first-order chi connectivity index (χ1) is 12.0. The molecule has 0 spiro atoms. The van der Waals surface area contributed by atoms with Crippen LogP contribution in [0.3, 0.4) is 0 Å². The Morgan fingerprint density at radius 3 is 2.68 bits per heavy atom. The molecule has 4 nitrogen and oxygen atoms in total. The van der Waals surface area contributed by atoms with E-state index < -0.39 is 17.5 Å². The summed E-state index contributed by atoms with van der Waals surface area (Å²) in [7, 11) is 0. The number of aryl methyl sites for hydroxylation is 1. The average molecular weight is 342 g/mol. The predicted octanol–water partition coefficient (Wildman–Crippen LogP) is 3.90. The third-order valence-corrected chi connectivity index (χ3v) is 3.71. The van der Waals surface area contributed by atoms with Crippen molar-refractivity contribution in [3.05, 3.63) is 77.2 Å². The number of aromatic nitrogens is 1. The molecule has 0 fully saturated rings. The molecule has 1 heterocycles. The molecule has 1 aromatic heterocycles. The maximum absolute atomic E-state index is 13.6. The highest BCUT2D eigenvalue weighted by atomic mass is 19.2. The highest BCUT2D eigenvalue weighted by Gasteiger charge is 2.14. The minimum Gasteiger partial charge on any atom is -0.444 e. The second kappa shape index (κ2) is 7.25. The van der Waals surface area contributed by atoms with Crippen molar-refractivity contribution in [2.24, 2.45) is 0 Å². The third kappa shape index (κ3) is 3.91. The highest BCUT2D eigenvalue weighted by molar-refractivity contribution is 5.94. The van der Waals surface area contributed by atoms with Gasteiger partial charge in [0.2, 0.25) is 5.89 Å². The van der Waals surface area contributed by atoms with Crippen molar-refractivity contribution in [3.8, 4) is 11.5 Å². The van der Waals surface area contributed by atoms with E-state index in [0.29, 0.717) is 18.0 Å². The molecule has 0 aliphatic heterocycles. The standard InChI is InChI=1S/C19H16F2N2O2/c1-12-5-7-13(8-6-12)19-23-14(11-25-19)9-10-22-18(24)15-3-2-4-16(20)17(15)21/h2-8,11H,9-10H2,1H3,(H,22,24). The molecule has 0 atom stereocenters. The molecular weight excluding hydrogens is 326 g/mol. The SMILES string of the molecule is Cc1ccc(-c2nc(CCNC(=O)c3cccc(F)c3F)co2)cc1. The smallest absolute Gasteiger partial charge is 0.254 e. The summed E-state index contributed by atoms with van der Waals surface area (Å²) in [6.45, 7) is 2.23. The Hall–Kier alpha value is -3.02. The number of carbonyl (C=O) groups is 1. The lowest BCUT2D eigenvalue weighted by Crippen LogP contribution is -2.26. The van der Waals surface area contributed by atoms with Crippen LogP contribution in [0, 0.1) is 18.6 Å². The van der Waals surface area contributed by atoms with Crippen molar-refractivity contribution >= 4 is 5.91 Å². The van der Waals surface area contributed by atoms with Gasteiger partial charge in [-0.05, 0) is 31.2 Å². The largest absolute Gasteiger partial charge is 0.444 e. The van der Waals surface area contributed by atoms with Crippen molar-refractivity contribution in [2.75, 3.05) is 6.54 Å². The van der Waals surface area contributed by atoms with Crippen LogP contribution in [0.25, 0.3) is 11.5 Å². The Labute approximate surface area is 143 Å². The quantitative estimate of drug-likeness (QED) is 0.765. The fourth-order valence-electron chi connectivity index (χ4n) is 2.33. The predicted molar refractivity (Wildman–Crippen MR) is 89.1 cm³/mol. The van der Waals surface area contributed by atoms with Crippen LogP contribution in [0.5, 0.6) is 0 Å². The molecule has 0 saturated heterocycles. The first kappa shape index (κ1) is 16.8. The van der Waals surface area contributed by atoms with Gasteiger partial charge < -0.3 is 9.73 Å². The number of halogens is 2.